The molecule has 1 aliphatic rings. The Balaban J connectivity index is 1.29. The summed E-state index contributed by atoms with van der Waals surface area (Å²) >= 11 is 0. The van der Waals surface area contributed by atoms with Gasteiger partial charge in [-0.05, 0) is 87.5 Å². The van der Waals surface area contributed by atoms with E-state index in [2.05, 4.69) is 217 Å². The van der Waals surface area contributed by atoms with Gasteiger partial charge in [-0.1, -0.05) is 159 Å². The molecule has 8 aromatic carbocycles. The summed E-state index contributed by atoms with van der Waals surface area (Å²) in [5.74, 6) is 0. The molecule has 9 aromatic rings. The van der Waals surface area contributed by atoms with E-state index in [1.165, 1.54) is 77.7 Å². The topological polar surface area (TPSA) is 8.17 Å². The predicted octanol–water partition coefficient (Wildman–Crippen LogP) is 13.9. The van der Waals surface area contributed by atoms with Crippen molar-refractivity contribution in [1.29, 1.82) is 0 Å². The second-order valence-electron chi connectivity index (χ2n) is 14.6. The van der Waals surface area contributed by atoms with Gasteiger partial charge in [0.15, 0.2) is 0 Å². The standard InChI is InChI=1S/C51H38N2/c1-51(2)45-24-14-12-23-43(45)48-49(51)47(34-44-42-22-13-15-25-46(42)53(50(44)48)39-20-10-5-11-21-39)52(40-30-26-37(27-31-40)35-16-6-3-7-17-35)41-32-28-38(29-33-41)36-18-8-4-9-19-36/h3-34H,1-2H3. The zero-order valence-electron chi connectivity index (χ0n) is 29.9. The maximum atomic E-state index is 2.49. The lowest BCUT2D eigenvalue weighted by Gasteiger charge is -2.33. The molecule has 0 bridgehead atoms. The van der Waals surface area contributed by atoms with Crippen molar-refractivity contribution in [3.8, 4) is 39.1 Å². The lowest BCUT2D eigenvalue weighted by atomic mass is 9.80. The maximum absolute atomic E-state index is 2.49. The van der Waals surface area contributed by atoms with Crippen LogP contribution in [0.5, 0.6) is 0 Å². The maximum Gasteiger partial charge on any atom is 0.0624 e. The number of hydrogen-bond donors (Lipinski definition) is 0. The highest BCUT2D eigenvalue weighted by atomic mass is 15.1. The van der Waals surface area contributed by atoms with Crippen molar-refractivity contribution < 1.29 is 0 Å². The highest BCUT2D eigenvalue weighted by molar-refractivity contribution is 6.18. The molecule has 0 radical (unpaired) electrons. The van der Waals surface area contributed by atoms with E-state index in [4.69, 9.17) is 0 Å². The molecule has 2 nitrogen and oxygen atoms in total. The Morgan fingerprint density at radius 2 is 0.943 bits per heavy atom. The third kappa shape index (κ3) is 4.94. The second-order valence-corrected chi connectivity index (χ2v) is 14.6. The van der Waals surface area contributed by atoms with Gasteiger partial charge in [0.25, 0.3) is 0 Å². The predicted molar refractivity (Wildman–Crippen MR) is 224 cm³/mol. The van der Waals surface area contributed by atoms with Gasteiger partial charge in [0.1, 0.15) is 0 Å². The molecule has 0 unspecified atom stereocenters. The van der Waals surface area contributed by atoms with Gasteiger partial charge in [0.05, 0.1) is 16.7 Å². The average molecular weight is 679 g/mol. The Hall–Kier alpha value is -6.64. The zero-order chi connectivity index (χ0) is 35.5. The first-order chi connectivity index (χ1) is 26.1. The summed E-state index contributed by atoms with van der Waals surface area (Å²) in [6.45, 7) is 4.80. The van der Waals surface area contributed by atoms with Crippen LogP contribution in [0, 0.1) is 0 Å². The minimum atomic E-state index is -0.264. The minimum Gasteiger partial charge on any atom is -0.310 e. The number of anilines is 3. The summed E-state index contributed by atoms with van der Waals surface area (Å²) in [6.07, 6.45) is 0. The van der Waals surface area contributed by atoms with Crippen LogP contribution in [0.4, 0.5) is 17.1 Å². The molecular formula is C51H38N2. The molecule has 1 heterocycles. The van der Waals surface area contributed by atoms with E-state index in [1.54, 1.807) is 0 Å². The Morgan fingerprint density at radius 1 is 0.453 bits per heavy atom. The Morgan fingerprint density at radius 3 is 1.55 bits per heavy atom. The fraction of sp³-hybridized carbons (Fsp3) is 0.0588. The van der Waals surface area contributed by atoms with Crippen molar-refractivity contribution in [1.82, 2.24) is 4.57 Å². The SMILES string of the molecule is CC1(C)c2ccccc2-c2c1c(N(c1ccc(-c3ccccc3)cc1)c1ccc(-c3ccccc3)cc1)cc1c3ccccc3n(-c3ccccc3)c21. The van der Waals surface area contributed by atoms with E-state index in [1.807, 2.05) is 0 Å². The van der Waals surface area contributed by atoms with Crippen LogP contribution in [0.3, 0.4) is 0 Å². The minimum absolute atomic E-state index is 0.264. The van der Waals surface area contributed by atoms with Gasteiger partial charge >= 0.3 is 0 Å². The van der Waals surface area contributed by atoms with Crippen LogP contribution in [0.2, 0.25) is 0 Å². The van der Waals surface area contributed by atoms with Gasteiger partial charge in [-0.15, -0.1) is 0 Å². The van der Waals surface area contributed by atoms with E-state index >= 15 is 0 Å². The molecule has 1 aromatic heterocycles. The number of aromatic nitrogens is 1. The summed E-state index contributed by atoms with van der Waals surface area (Å²) in [4.78, 5) is 2.49. The largest absolute Gasteiger partial charge is 0.310 e. The lowest BCUT2D eigenvalue weighted by Crippen LogP contribution is -2.21. The number of hydrogen-bond acceptors (Lipinski definition) is 1. The third-order valence-electron chi connectivity index (χ3n) is 11.2. The van der Waals surface area contributed by atoms with Crippen molar-refractivity contribution in [2.45, 2.75) is 19.3 Å². The highest BCUT2D eigenvalue weighted by Gasteiger charge is 2.41. The number of fused-ring (bicyclic) bond motifs is 7. The van der Waals surface area contributed by atoms with E-state index in [0.29, 0.717) is 0 Å². The van der Waals surface area contributed by atoms with Crippen molar-refractivity contribution in [2.75, 3.05) is 4.90 Å². The zero-order valence-corrected chi connectivity index (χ0v) is 29.9. The van der Waals surface area contributed by atoms with Crippen LogP contribution < -0.4 is 4.90 Å². The molecular weight excluding hydrogens is 641 g/mol. The number of rotatable bonds is 6. The van der Waals surface area contributed by atoms with Gasteiger partial charge in [-0.25, -0.2) is 0 Å². The molecule has 0 atom stereocenters. The van der Waals surface area contributed by atoms with E-state index < -0.39 is 0 Å². The van der Waals surface area contributed by atoms with Gasteiger partial charge in [-0.3, -0.25) is 0 Å². The monoisotopic (exact) mass is 678 g/mol. The van der Waals surface area contributed by atoms with Crippen LogP contribution in [0.1, 0.15) is 25.0 Å². The number of para-hydroxylation sites is 2. The molecule has 0 N–H and O–H groups in total. The quantitative estimate of drug-likeness (QED) is 0.170. The van der Waals surface area contributed by atoms with E-state index in [0.717, 1.165) is 11.4 Å². The molecule has 2 heteroatoms. The number of nitrogens with zero attached hydrogens (tertiary/aromatic N) is 2. The molecule has 0 aliphatic heterocycles. The molecule has 252 valence electrons. The van der Waals surface area contributed by atoms with Crippen molar-refractivity contribution >= 4 is 38.9 Å². The van der Waals surface area contributed by atoms with Crippen LogP contribution in [0.15, 0.2) is 194 Å². The fourth-order valence-corrected chi connectivity index (χ4v) is 8.70. The van der Waals surface area contributed by atoms with Crippen LogP contribution in [-0.4, -0.2) is 4.57 Å². The van der Waals surface area contributed by atoms with Gasteiger partial charge in [0.2, 0.25) is 0 Å². The smallest absolute Gasteiger partial charge is 0.0624 e. The highest BCUT2D eigenvalue weighted by Crippen LogP contribution is 2.58. The van der Waals surface area contributed by atoms with Crippen molar-refractivity contribution in [3.63, 3.8) is 0 Å². The van der Waals surface area contributed by atoms with Crippen molar-refractivity contribution in [3.05, 3.63) is 205 Å². The molecule has 0 fully saturated rings. The first-order valence-corrected chi connectivity index (χ1v) is 18.4. The molecule has 1 aliphatic carbocycles. The Kier molecular flexibility index (Phi) is 7.19. The summed E-state index contributed by atoms with van der Waals surface area (Å²) in [5.41, 5.74) is 17.0. The Bertz CT molecular complexity index is 2680. The first-order valence-electron chi connectivity index (χ1n) is 18.4. The van der Waals surface area contributed by atoms with Crippen LogP contribution >= 0.6 is 0 Å². The fourth-order valence-electron chi connectivity index (χ4n) is 8.70. The van der Waals surface area contributed by atoms with E-state index in [-0.39, 0.29) is 5.41 Å². The summed E-state index contributed by atoms with van der Waals surface area (Å²) in [5, 5.41) is 2.49. The first kappa shape index (κ1) is 31.1. The van der Waals surface area contributed by atoms with Gasteiger partial charge in [-0.2, -0.15) is 0 Å². The average Bonchev–Trinajstić information content (AvgIpc) is 3.68. The second kappa shape index (κ2) is 12.3. The molecule has 0 saturated heterocycles. The van der Waals surface area contributed by atoms with Crippen molar-refractivity contribution in [2.24, 2.45) is 0 Å². The summed E-state index contributed by atoms with van der Waals surface area (Å²) in [6, 6.07) is 70.7. The van der Waals surface area contributed by atoms with Gasteiger partial charge in [0, 0.05) is 38.8 Å². The van der Waals surface area contributed by atoms with Crippen LogP contribution in [-0.2, 0) is 5.41 Å². The lowest BCUT2D eigenvalue weighted by molar-refractivity contribution is 0.661. The summed E-state index contributed by atoms with van der Waals surface area (Å²) < 4.78 is 2.49. The van der Waals surface area contributed by atoms with Gasteiger partial charge < -0.3 is 9.47 Å². The molecule has 0 saturated carbocycles. The molecule has 0 spiro atoms. The summed E-state index contributed by atoms with van der Waals surface area (Å²) in [7, 11) is 0. The third-order valence-corrected chi connectivity index (χ3v) is 11.2. The van der Waals surface area contributed by atoms with E-state index in [9.17, 15) is 0 Å². The Labute approximate surface area is 310 Å². The molecule has 53 heavy (non-hydrogen) atoms. The molecule has 0 amide bonds. The normalized spacial score (nSPS) is 12.9. The molecule has 10 rings (SSSR count). The number of benzene rings is 8. The van der Waals surface area contributed by atoms with Crippen LogP contribution in [0.25, 0.3) is 60.9 Å².